The van der Waals surface area contributed by atoms with E-state index in [2.05, 4.69) is 0 Å². The van der Waals surface area contributed by atoms with Crippen LogP contribution in [0.3, 0.4) is 0 Å². The number of hydrogen-bond donors (Lipinski definition) is 0. The van der Waals surface area contributed by atoms with Gasteiger partial charge in [-0.05, 0) is 25.0 Å². The third-order valence-electron chi connectivity index (χ3n) is 3.28. The van der Waals surface area contributed by atoms with Crippen molar-refractivity contribution < 1.29 is 23.1 Å². The smallest absolute Gasteiger partial charge is 0.361 e. The Balaban J connectivity index is 1.58. The summed E-state index contributed by atoms with van der Waals surface area (Å²) in [6, 6.07) is 9.11. The number of hydrogen-bond acceptors (Lipinski definition) is 5. The van der Waals surface area contributed by atoms with Gasteiger partial charge in [0.05, 0.1) is 43.9 Å². The highest BCUT2D eigenvalue weighted by molar-refractivity contribution is 7.62. The van der Waals surface area contributed by atoms with Crippen molar-refractivity contribution in [1.82, 2.24) is 0 Å². The van der Waals surface area contributed by atoms with Crippen LogP contribution in [-0.4, -0.2) is 38.6 Å². The second-order valence-corrected chi connectivity index (χ2v) is 7.02. The molecule has 5 nitrogen and oxygen atoms in total. The fourth-order valence-electron chi connectivity index (χ4n) is 1.87. The van der Waals surface area contributed by atoms with Gasteiger partial charge in [-0.25, -0.2) is 0 Å². The van der Waals surface area contributed by atoms with Crippen molar-refractivity contribution in [3.63, 3.8) is 0 Å². The van der Waals surface area contributed by atoms with E-state index in [4.69, 9.17) is 18.5 Å². The average Bonchev–Trinajstić information content (AvgIpc) is 3.34. The maximum atomic E-state index is 12.9. The standard InChI is InChI=1S/C14H19O5P/c15-20(14-4-2-1-3-5-14,18-8-6-12-10-16-12)19-9-7-13-11-17-13/h1-5,12-13H,6-11H2. The van der Waals surface area contributed by atoms with Gasteiger partial charge in [-0.2, -0.15) is 0 Å². The summed E-state index contributed by atoms with van der Waals surface area (Å²) in [5, 5.41) is 0.605. The minimum absolute atomic E-state index is 0.263. The fraction of sp³-hybridized carbons (Fsp3) is 0.571. The number of ether oxygens (including phenoxy) is 2. The Bertz CT molecular complexity index is 448. The van der Waals surface area contributed by atoms with Gasteiger partial charge in [-0.1, -0.05) is 18.2 Å². The first-order valence-electron chi connectivity index (χ1n) is 6.94. The first-order chi connectivity index (χ1) is 9.76. The van der Waals surface area contributed by atoms with E-state index >= 15 is 0 Å². The van der Waals surface area contributed by atoms with Crippen LogP contribution in [0.4, 0.5) is 0 Å². The zero-order valence-electron chi connectivity index (χ0n) is 11.3. The van der Waals surface area contributed by atoms with Gasteiger partial charge < -0.3 is 18.5 Å². The van der Waals surface area contributed by atoms with Gasteiger partial charge in [0.15, 0.2) is 0 Å². The molecule has 2 saturated heterocycles. The lowest BCUT2D eigenvalue weighted by Crippen LogP contribution is -2.12. The third-order valence-corrected chi connectivity index (χ3v) is 5.25. The van der Waals surface area contributed by atoms with Gasteiger partial charge in [0.25, 0.3) is 0 Å². The molecule has 1 aromatic carbocycles. The molecule has 20 heavy (non-hydrogen) atoms. The molecule has 0 saturated carbocycles. The van der Waals surface area contributed by atoms with Crippen LogP contribution >= 0.6 is 7.60 Å². The highest BCUT2D eigenvalue weighted by atomic mass is 31.2. The molecular formula is C14H19O5P. The van der Waals surface area contributed by atoms with Crippen LogP contribution in [0.1, 0.15) is 12.8 Å². The Hall–Kier alpha value is -0.710. The summed E-state index contributed by atoms with van der Waals surface area (Å²) in [5.74, 6) is 0. The molecule has 2 fully saturated rings. The Kier molecular flexibility index (Phi) is 4.54. The molecule has 0 N–H and O–H groups in total. The summed E-state index contributed by atoms with van der Waals surface area (Å²) < 4.78 is 34.3. The zero-order chi connectivity index (χ0) is 13.8. The lowest BCUT2D eigenvalue weighted by atomic mass is 10.4. The van der Waals surface area contributed by atoms with Gasteiger partial charge in [0.2, 0.25) is 0 Å². The minimum Gasteiger partial charge on any atom is -0.373 e. The van der Waals surface area contributed by atoms with Crippen LogP contribution < -0.4 is 5.30 Å². The van der Waals surface area contributed by atoms with Gasteiger partial charge in [-0.15, -0.1) is 0 Å². The van der Waals surface area contributed by atoms with Crippen molar-refractivity contribution in [3.05, 3.63) is 30.3 Å². The fourth-order valence-corrected chi connectivity index (χ4v) is 3.48. The van der Waals surface area contributed by atoms with Crippen LogP contribution in [0.15, 0.2) is 30.3 Å². The van der Waals surface area contributed by atoms with Crippen LogP contribution in [0, 0.1) is 0 Å². The van der Waals surface area contributed by atoms with Crippen LogP contribution in [0.2, 0.25) is 0 Å². The lowest BCUT2D eigenvalue weighted by molar-refractivity contribution is 0.198. The number of benzene rings is 1. The van der Waals surface area contributed by atoms with Crippen LogP contribution in [0.25, 0.3) is 0 Å². The Labute approximate surface area is 118 Å². The summed E-state index contributed by atoms with van der Waals surface area (Å²) in [6.45, 7) is 2.32. The molecule has 6 heteroatoms. The molecule has 0 radical (unpaired) electrons. The summed E-state index contributed by atoms with van der Waals surface area (Å²) in [6.07, 6.45) is 2.04. The molecule has 2 heterocycles. The van der Waals surface area contributed by atoms with Gasteiger partial charge in [0.1, 0.15) is 0 Å². The predicted molar refractivity (Wildman–Crippen MR) is 74.3 cm³/mol. The first-order valence-corrected chi connectivity index (χ1v) is 8.48. The van der Waals surface area contributed by atoms with Crippen molar-refractivity contribution in [2.75, 3.05) is 26.4 Å². The molecule has 2 unspecified atom stereocenters. The predicted octanol–water partition coefficient (Wildman–Crippen LogP) is 2.12. The van der Waals surface area contributed by atoms with E-state index in [9.17, 15) is 4.57 Å². The molecule has 0 spiro atoms. The molecule has 0 aromatic heterocycles. The van der Waals surface area contributed by atoms with Crippen molar-refractivity contribution >= 4 is 12.9 Å². The van der Waals surface area contributed by atoms with Crippen LogP contribution in [0.5, 0.6) is 0 Å². The maximum Gasteiger partial charge on any atom is 0.361 e. The Morgan fingerprint density at radius 1 is 1.00 bits per heavy atom. The Morgan fingerprint density at radius 3 is 1.95 bits per heavy atom. The number of epoxide rings is 2. The van der Waals surface area contributed by atoms with E-state index in [-0.39, 0.29) is 12.2 Å². The lowest BCUT2D eigenvalue weighted by Gasteiger charge is -2.18. The second-order valence-electron chi connectivity index (χ2n) is 4.99. The highest BCUT2D eigenvalue weighted by Crippen LogP contribution is 2.47. The third kappa shape index (κ3) is 4.14. The molecular weight excluding hydrogens is 279 g/mol. The summed E-state index contributed by atoms with van der Waals surface area (Å²) in [4.78, 5) is 0. The van der Waals surface area contributed by atoms with Gasteiger partial charge >= 0.3 is 7.60 Å². The SMILES string of the molecule is O=P(OCCC1CO1)(OCCC1CO1)c1ccccc1. The molecule has 1 aromatic rings. The normalized spacial score (nSPS) is 27.0. The van der Waals surface area contributed by atoms with Crippen molar-refractivity contribution in [1.29, 1.82) is 0 Å². The highest BCUT2D eigenvalue weighted by Gasteiger charge is 2.31. The van der Waals surface area contributed by atoms with Crippen molar-refractivity contribution in [3.8, 4) is 0 Å². The van der Waals surface area contributed by atoms with Crippen molar-refractivity contribution in [2.24, 2.45) is 0 Å². The molecule has 3 rings (SSSR count). The topological polar surface area (TPSA) is 60.6 Å². The zero-order valence-corrected chi connectivity index (χ0v) is 12.2. The van der Waals surface area contributed by atoms with E-state index < -0.39 is 7.60 Å². The van der Waals surface area contributed by atoms with E-state index in [0.29, 0.717) is 18.5 Å². The maximum absolute atomic E-state index is 12.9. The van der Waals surface area contributed by atoms with Crippen LogP contribution in [-0.2, 0) is 23.1 Å². The van der Waals surface area contributed by atoms with Crippen molar-refractivity contribution in [2.45, 2.75) is 25.0 Å². The van der Waals surface area contributed by atoms with Gasteiger partial charge in [-0.3, -0.25) is 4.57 Å². The molecule has 0 bridgehead atoms. The molecule has 110 valence electrons. The number of rotatable bonds is 9. The molecule has 2 aliphatic heterocycles. The second kappa shape index (κ2) is 6.37. The minimum atomic E-state index is -3.24. The summed E-state index contributed by atoms with van der Waals surface area (Å²) >= 11 is 0. The first kappa shape index (κ1) is 14.2. The molecule has 0 amide bonds. The molecule has 2 aliphatic rings. The summed E-state index contributed by atoms with van der Waals surface area (Å²) in [5.41, 5.74) is 0. The quantitative estimate of drug-likeness (QED) is 0.516. The van der Waals surface area contributed by atoms with E-state index in [1.165, 1.54) is 0 Å². The van der Waals surface area contributed by atoms with Gasteiger partial charge in [0, 0.05) is 0 Å². The molecule has 2 atom stereocenters. The van der Waals surface area contributed by atoms with E-state index in [1.54, 1.807) is 12.1 Å². The van der Waals surface area contributed by atoms with E-state index in [1.807, 2.05) is 18.2 Å². The van der Waals surface area contributed by atoms with E-state index in [0.717, 1.165) is 26.1 Å². The monoisotopic (exact) mass is 298 g/mol. The largest absolute Gasteiger partial charge is 0.373 e. The Morgan fingerprint density at radius 2 is 1.50 bits per heavy atom. The molecule has 0 aliphatic carbocycles. The summed E-state index contributed by atoms with van der Waals surface area (Å²) in [7, 11) is -3.24. The average molecular weight is 298 g/mol.